The van der Waals surface area contributed by atoms with Crippen molar-refractivity contribution in [2.24, 2.45) is 5.92 Å². The highest BCUT2D eigenvalue weighted by Crippen LogP contribution is 2.37. The van der Waals surface area contributed by atoms with E-state index in [2.05, 4.69) is 22.8 Å². The van der Waals surface area contributed by atoms with Gasteiger partial charge < -0.3 is 14.8 Å². The van der Waals surface area contributed by atoms with Gasteiger partial charge in [-0.2, -0.15) is 0 Å². The van der Waals surface area contributed by atoms with Gasteiger partial charge in [-0.25, -0.2) is 0 Å². The van der Waals surface area contributed by atoms with Crippen LogP contribution in [0.15, 0.2) is 17.5 Å². The summed E-state index contributed by atoms with van der Waals surface area (Å²) in [5, 5.41) is 5.78. The van der Waals surface area contributed by atoms with Crippen LogP contribution in [-0.2, 0) is 9.47 Å². The number of thiophene rings is 1. The molecule has 1 N–H and O–H groups in total. The van der Waals surface area contributed by atoms with Crippen LogP contribution in [0.3, 0.4) is 0 Å². The maximum absolute atomic E-state index is 5.25. The summed E-state index contributed by atoms with van der Waals surface area (Å²) >= 11 is 1.84. The largest absolute Gasteiger partial charge is 0.355 e. The fourth-order valence-electron chi connectivity index (χ4n) is 2.74. The maximum Gasteiger partial charge on any atom is 0.169 e. The fourth-order valence-corrected chi connectivity index (χ4v) is 3.64. The van der Waals surface area contributed by atoms with Crippen molar-refractivity contribution in [1.29, 1.82) is 0 Å². The van der Waals surface area contributed by atoms with Gasteiger partial charge in [-0.1, -0.05) is 18.9 Å². The predicted molar refractivity (Wildman–Crippen MR) is 74.8 cm³/mol. The molecule has 1 aliphatic rings. The highest BCUT2D eigenvalue weighted by atomic mass is 32.1. The van der Waals surface area contributed by atoms with Crippen molar-refractivity contribution in [3.05, 3.63) is 22.4 Å². The van der Waals surface area contributed by atoms with Crippen LogP contribution in [0, 0.1) is 5.92 Å². The molecule has 2 rings (SSSR count). The second kappa shape index (κ2) is 7.24. The van der Waals surface area contributed by atoms with E-state index in [0.717, 1.165) is 12.5 Å². The van der Waals surface area contributed by atoms with E-state index in [1.54, 1.807) is 14.2 Å². The quantitative estimate of drug-likeness (QED) is 0.771. The average Bonchev–Trinajstić information content (AvgIpc) is 3.07. The molecule has 1 aliphatic carbocycles. The molecular weight excluding hydrogens is 246 g/mol. The lowest BCUT2D eigenvalue weighted by atomic mass is 9.97. The van der Waals surface area contributed by atoms with E-state index < -0.39 is 0 Å². The van der Waals surface area contributed by atoms with Gasteiger partial charge >= 0.3 is 0 Å². The van der Waals surface area contributed by atoms with Crippen LogP contribution in [0.5, 0.6) is 0 Å². The third-order valence-corrected chi connectivity index (χ3v) is 4.71. The summed E-state index contributed by atoms with van der Waals surface area (Å²) in [5.74, 6) is 0.762. The molecule has 0 saturated heterocycles. The van der Waals surface area contributed by atoms with Crippen LogP contribution in [-0.4, -0.2) is 27.1 Å². The zero-order chi connectivity index (χ0) is 12.8. The third-order valence-electron chi connectivity index (χ3n) is 3.75. The Morgan fingerprint density at radius 3 is 2.61 bits per heavy atom. The molecule has 0 spiro atoms. The Kier molecular flexibility index (Phi) is 5.63. The molecule has 1 saturated carbocycles. The number of methoxy groups -OCH3 is 2. The molecular formula is C14H23NO2S. The standard InChI is InChI=1S/C14H23NO2S/c1-16-13(17-2)10-15-14(11-6-3-4-7-11)12-8-5-9-18-12/h5,8-9,11,13-15H,3-4,6-7,10H2,1-2H3. The lowest BCUT2D eigenvalue weighted by Gasteiger charge is -2.25. The Labute approximate surface area is 113 Å². The van der Waals surface area contributed by atoms with Crippen molar-refractivity contribution in [2.75, 3.05) is 20.8 Å². The van der Waals surface area contributed by atoms with E-state index in [0.29, 0.717) is 6.04 Å². The van der Waals surface area contributed by atoms with Crippen molar-refractivity contribution in [3.63, 3.8) is 0 Å². The number of rotatable bonds is 7. The molecule has 102 valence electrons. The number of nitrogens with one attached hydrogen (secondary N) is 1. The topological polar surface area (TPSA) is 30.5 Å². The first kappa shape index (κ1) is 14.0. The molecule has 1 atom stereocenters. The lowest BCUT2D eigenvalue weighted by molar-refractivity contribution is -0.100. The average molecular weight is 269 g/mol. The molecule has 1 aromatic heterocycles. The van der Waals surface area contributed by atoms with Crippen molar-refractivity contribution < 1.29 is 9.47 Å². The molecule has 18 heavy (non-hydrogen) atoms. The van der Waals surface area contributed by atoms with Crippen molar-refractivity contribution in [1.82, 2.24) is 5.32 Å². The first-order valence-corrected chi connectivity index (χ1v) is 7.55. The van der Waals surface area contributed by atoms with Gasteiger partial charge in [-0.05, 0) is 30.2 Å². The van der Waals surface area contributed by atoms with E-state index in [1.165, 1.54) is 30.6 Å². The minimum Gasteiger partial charge on any atom is -0.355 e. The van der Waals surface area contributed by atoms with Crippen LogP contribution >= 0.6 is 11.3 Å². The molecule has 0 aromatic carbocycles. The van der Waals surface area contributed by atoms with Gasteiger partial charge in [0.15, 0.2) is 6.29 Å². The lowest BCUT2D eigenvalue weighted by Crippen LogP contribution is -2.35. The fraction of sp³-hybridized carbons (Fsp3) is 0.714. The zero-order valence-electron chi connectivity index (χ0n) is 11.2. The molecule has 0 bridgehead atoms. The second-order valence-electron chi connectivity index (χ2n) is 4.85. The summed E-state index contributed by atoms with van der Waals surface area (Å²) in [5.41, 5.74) is 0. The van der Waals surface area contributed by atoms with Crippen LogP contribution < -0.4 is 5.32 Å². The van der Waals surface area contributed by atoms with Gasteiger partial charge in [0.05, 0.1) is 0 Å². The summed E-state index contributed by atoms with van der Waals surface area (Å²) < 4.78 is 10.5. The molecule has 0 radical (unpaired) electrons. The van der Waals surface area contributed by atoms with Gasteiger partial charge in [-0.3, -0.25) is 0 Å². The van der Waals surface area contributed by atoms with Crippen LogP contribution in [0.25, 0.3) is 0 Å². The molecule has 3 nitrogen and oxygen atoms in total. The highest BCUT2D eigenvalue weighted by Gasteiger charge is 2.27. The molecule has 4 heteroatoms. The summed E-state index contributed by atoms with van der Waals surface area (Å²) in [6.45, 7) is 0.742. The van der Waals surface area contributed by atoms with Crippen molar-refractivity contribution >= 4 is 11.3 Å². The molecule has 1 fully saturated rings. The smallest absolute Gasteiger partial charge is 0.169 e. The summed E-state index contributed by atoms with van der Waals surface area (Å²) in [6.07, 6.45) is 5.24. The van der Waals surface area contributed by atoms with Gasteiger partial charge in [0.1, 0.15) is 0 Å². The van der Waals surface area contributed by atoms with E-state index in [-0.39, 0.29) is 6.29 Å². The minimum atomic E-state index is -0.158. The Morgan fingerprint density at radius 2 is 2.06 bits per heavy atom. The summed E-state index contributed by atoms with van der Waals surface area (Å²) in [4.78, 5) is 1.44. The second-order valence-corrected chi connectivity index (χ2v) is 5.83. The Balaban J connectivity index is 1.96. The number of hydrogen-bond donors (Lipinski definition) is 1. The number of hydrogen-bond acceptors (Lipinski definition) is 4. The van der Waals surface area contributed by atoms with E-state index in [1.807, 2.05) is 11.3 Å². The summed E-state index contributed by atoms with van der Waals surface area (Å²) in [7, 11) is 3.37. The first-order chi connectivity index (χ1) is 8.85. The molecule has 0 aliphatic heterocycles. The molecule has 0 amide bonds. The Bertz CT molecular complexity index is 319. The summed E-state index contributed by atoms with van der Waals surface area (Å²) in [6, 6.07) is 4.82. The van der Waals surface area contributed by atoms with Gasteiger partial charge in [-0.15, -0.1) is 11.3 Å². The van der Waals surface area contributed by atoms with E-state index in [4.69, 9.17) is 9.47 Å². The normalized spacial score (nSPS) is 18.6. The maximum atomic E-state index is 5.25. The minimum absolute atomic E-state index is 0.158. The molecule has 1 unspecified atom stereocenters. The Morgan fingerprint density at radius 1 is 1.33 bits per heavy atom. The van der Waals surface area contributed by atoms with Gasteiger partial charge in [0.25, 0.3) is 0 Å². The van der Waals surface area contributed by atoms with Crippen LogP contribution in [0.1, 0.15) is 36.6 Å². The molecule has 1 heterocycles. The highest BCUT2D eigenvalue weighted by molar-refractivity contribution is 7.10. The Hall–Kier alpha value is -0.420. The van der Waals surface area contributed by atoms with Gasteiger partial charge in [0.2, 0.25) is 0 Å². The van der Waals surface area contributed by atoms with Crippen molar-refractivity contribution in [2.45, 2.75) is 38.0 Å². The SMILES string of the molecule is COC(CNC(c1cccs1)C1CCCC1)OC. The third kappa shape index (κ3) is 3.54. The predicted octanol–water partition coefficient (Wildman–Crippen LogP) is 3.19. The zero-order valence-corrected chi connectivity index (χ0v) is 12.0. The van der Waals surface area contributed by atoms with Crippen LogP contribution in [0.2, 0.25) is 0 Å². The van der Waals surface area contributed by atoms with E-state index in [9.17, 15) is 0 Å². The van der Waals surface area contributed by atoms with Crippen LogP contribution in [0.4, 0.5) is 0 Å². The van der Waals surface area contributed by atoms with Crippen molar-refractivity contribution in [3.8, 4) is 0 Å². The number of ether oxygens (including phenoxy) is 2. The van der Waals surface area contributed by atoms with E-state index >= 15 is 0 Å². The van der Waals surface area contributed by atoms with Gasteiger partial charge in [0, 0.05) is 31.7 Å². The first-order valence-electron chi connectivity index (χ1n) is 6.67. The molecule has 1 aromatic rings. The monoisotopic (exact) mass is 269 g/mol.